The van der Waals surface area contributed by atoms with E-state index in [1.54, 1.807) is 11.6 Å². The first kappa shape index (κ1) is 13.5. The molecule has 0 heterocycles. The van der Waals surface area contributed by atoms with E-state index in [0.717, 1.165) is 7.11 Å². The summed E-state index contributed by atoms with van der Waals surface area (Å²) in [6.07, 6.45) is -0.556. The summed E-state index contributed by atoms with van der Waals surface area (Å²) in [5.74, 6) is 0.335. The Kier molecular flexibility index (Phi) is 5.82. The van der Waals surface area contributed by atoms with Gasteiger partial charge >= 0.3 is 16.3 Å². The Hall–Kier alpha value is -0.530. The quantitative estimate of drug-likeness (QED) is 0.677. The van der Waals surface area contributed by atoms with Crippen LogP contribution in [0.25, 0.3) is 0 Å². The second kappa shape index (κ2) is 6.05. The molecule has 0 spiro atoms. The highest BCUT2D eigenvalue weighted by molar-refractivity contribution is 7.88. The molecule has 0 aromatic rings. The van der Waals surface area contributed by atoms with Crippen LogP contribution >= 0.6 is 11.6 Å². The fourth-order valence-electron chi connectivity index (χ4n) is 0.668. The predicted molar refractivity (Wildman–Crippen MR) is 52.4 cm³/mol. The first-order valence-electron chi connectivity index (χ1n) is 3.85. The molecule has 1 unspecified atom stereocenters. The molecule has 0 aromatic heterocycles. The number of methoxy groups -OCH3 is 1. The van der Waals surface area contributed by atoms with E-state index in [2.05, 4.69) is 9.46 Å². The molecule has 0 saturated heterocycles. The Morgan fingerprint density at radius 2 is 2.14 bits per heavy atom. The largest absolute Gasteiger partial charge is 0.452 e. The Labute approximate surface area is 88.1 Å². The van der Waals surface area contributed by atoms with Crippen molar-refractivity contribution in [2.24, 2.45) is 0 Å². The minimum absolute atomic E-state index is 0.335. The molecule has 2 N–H and O–H groups in total. The zero-order chi connectivity index (χ0) is 11.2. The highest BCUT2D eigenvalue weighted by Gasteiger charge is 2.16. The van der Waals surface area contributed by atoms with Gasteiger partial charge in [-0.1, -0.05) is 0 Å². The van der Waals surface area contributed by atoms with Gasteiger partial charge in [-0.2, -0.15) is 13.1 Å². The number of alkyl halides is 1. The van der Waals surface area contributed by atoms with Gasteiger partial charge in [-0.05, 0) is 13.3 Å². The SMILES string of the molecule is COC(=O)NS(=O)(=O)NC(C)CCCl. The third kappa shape index (κ3) is 6.01. The van der Waals surface area contributed by atoms with Crippen molar-refractivity contribution in [1.82, 2.24) is 9.44 Å². The van der Waals surface area contributed by atoms with Crippen LogP contribution in [0.2, 0.25) is 0 Å². The van der Waals surface area contributed by atoms with Crippen LogP contribution in [0, 0.1) is 0 Å². The fraction of sp³-hybridized carbons (Fsp3) is 0.833. The van der Waals surface area contributed by atoms with E-state index in [9.17, 15) is 13.2 Å². The fourth-order valence-corrected chi connectivity index (χ4v) is 2.00. The van der Waals surface area contributed by atoms with E-state index >= 15 is 0 Å². The standard InChI is InChI=1S/C6H13ClN2O4S/c1-5(3-4-7)8-14(11,12)9-6(10)13-2/h5,8H,3-4H2,1-2H3,(H,9,10). The maximum atomic E-state index is 11.1. The maximum Gasteiger partial charge on any atom is 0.421 e. The molecular formula is C6H13ClN2O4S. The van der Waals surface area contributed by atoms with Crippen LogP contribution in [0.1, 0.15) is 13.3 Å². The molecule has 6 nitrogen and oxygen atoms in total. The van der Waals surface area contributed by atoms with Crippen LogP contribution in [0.4, 0.5) is 4.79 Å². The van der Waals surface area contributed by atoms with Crippen molar-refractivity contribution in [3.8, 4) is 0 Å². The van der Waals surface area contributed by atoms with E-state index in [4.69, 9.17) is 11.6 Å². The lowest BCUT2D eigenvalue weighted by Crippen LogP contribution is -2.44. The van der Waals surface area contributed by atoms with Crippen molar-refractivity contribution < 1.29 is 17.9 Å². The molecule has 0 aromatic carbocycles. The molecule has 0 fully saturated rings. The number of amides is 1. The lowest BCUT2D eigenvalue weighted by atomic mass is 10.3. The second-order valence-electron chi connectivity index (χ2n) is 2.59. The van der Waals surface area contributed by atoms with Crippen molar-refractivity contribution >= 4 is 27.9 Å². The zero-order valence-corrected chi connectivity index (χ0v) is 9.48. The molecule has 1 atom stereocenters. The van der Waals surface area contributed by atoms with E-state index in [1.807, 2.05) is 0 Å². The van der Waals surface area contributed by atoms with Gasteiger partial charge in [-0.25, -0.2) is 9.52 Å². The molecular weight excluding hydrogens is 232 g/mol. The van der Waals surface area contributed by atoms with Gasteiger partial charge in [-0.3, -0.25) is 0 Å². The molecule has 14 heavy (non-hydrogen) atoms. The Balaban J connectivity index is 4.14. The van der Waals surface area contributed by atoms with Gasteiger partial charge in [0, 0.05) is 11.9 Å². The molecule has 0 aliphatic rings. The van der Waals surface area contributed by atoms with Crippen molar-refractivity contribution in [3.05, 3.63) is 0 Å². The summed E-state index contributed by atoms with van der Waals surface area (Å²) in [4.78, 5) is 10.6. The highest BCUT2D eigenvalue weighted by atomic mass is 35.5. The van der Waals surface area contributed by atoms with Crippen LogP contribution in [-0.4, -0.2) is 33.5 Å². The number of nitrogens with one attached hydrogen (secondary N) is 2. The summed E-state index contributed by atoms with van der Waals surface area (Å²) in [5, 5.41) is 0. The summed E-state index contributed by atoms with van der Waals surface area (Å²) in [6, 6.07) is -0.338. The van der Waals surface area contributed by atoms with Crippen LogP contribution in [0.5, 0.6) is 0 Å². The monoisotopic (exact) mass is 244 g/mol. The van der Waals surface area contributed by atoms with Gasteiger partial charge in [0.15, 0.2) is 0 Å². The van der Waals surface area contributed by atoms with Gasteiger partial charge in [0.25, 0.3) is 0 Å². The van der Waals surface area contributed by atoms with E-state index in [0.29, 0.717) is 12.3 Å². The predicted octanol–water partition coefficient (Wildman–Crippen LogP) is 0.194. The minimum atomic E-state index is -3.85. The Morgan fingerprint density at radius 3 is 2.57 bits per heavy atom. The van der Waals surface area contributed by atoms with E-state index < -0.39 is 16.3 Å². The molecule has 0 aliphatic carbocycles. The summed E-state index contributed by atoms with van der Waals surface area (Å²) >= 11 is 5.41. The number of hydrogen-bond acceptors (Lipinski definition) is 4. The average molecular weight is 245 g/mol. The maximum absolute atomic E-state index is 11.1. The first-order chi connectivity index (χ1) is 6.41. The number of halogens is 1. The van der Waals surface area contributed by atoms with Gasteiger partial charge in [-0.15, -0.1) is 11.6 Å². The van der Waals surface area contributed by atoms with E-state index in [-0.39, 0.29) is 6.04 Å². The zero-order valence-electron chi connectivity index (χ0n) is 7.91. The number of rotatable bonds is 5. The highest BCUT2D eigenvalue weighted by Crippen LogP contribution is 1.94. The number of hydrogen-bond donors (Lipinski definition) is 2. The lowest BCUT2D eigenvalue weighted by Gasteiger charge is -2.12. The van der Waals surface area contributed by atoms with Crippen molar-refractivity contribution in [1.29, 1.82) is 0 Å². The van der Waals surface area contributed by atoms with Crippen LogP contribution < -0.4 is 9.44 Å². The molecule has 1 amide bonds. The van der Waals surface area contributed by atoms with Crippen LogP contribution in [0.3, 0.4) is 0 Å². The normalized spacial score (nSPS) is 13.4. The number of ether oxygens (including phenoxy) is 1. The molecule has 0 saturated carbocycles. The summed E-state index contributed by atoms with van der Waals surface area (Å²) in [7, 11) is -2.77. The molecule has 0 rings (SSSR count). The van der Waals surface area contributed by atoms with Gasteiger partial charge in [0.05, 0.1) is 7.11 Å². The molecule has 8 heteroatoms. The minimum Gasteiger partial charge on any atom is -0.452 e. The summed E-state index contributed by atoms with van der Waals surface area (Å²) in [5.41, 5.74) is 0. The Morgan fingerprint density at radius 1 is 1.57 bits per heavy atom. The smallest absolute Gasteiger partial charge is 0.421 e. The number of carbonyl (C=O) groups excluding carboxylic acids is 1. The van der Waals surface area contributed by atoms with Crippen molar-refractivity contribution in [2.45, 2.75) is 19.4 Å². The molecule has 0 radical (unpaired) electrons. The summed E-state index contributed by atoms with van der Waals surface area (Å²) in [6.45, 7) is 1.64. The van der Waals surface area contributed by atoms with Gasteiger partial charge < -0.3 is 4.74 Å². The Bertz CT molecular complexity index is 280. The first-order valence-corrected chi connectivity index (χ1v) is 5.87. The van der Waals surface area contributed by atoms with Crippen LogP contribution in [-0.2, 0) is 14.9 Å². The van der Waals surface area contributed by atoms with E-state index in [1.165, 1.54) is 0 Å². The van der Waals surface area contributed by atoms with Crippen molar-refractivity contribution in [3.63, 3.8) is 0 Å². The van der Waals surface area contributed by atoms with Gasteiger partial charge in [0.1, 0.15) is 0 Å². The molecule has 0 bridgehead atoms. The number of carbonyl (C=O) groups is 1. The molecule has 84 valence electrons. The molecule has 0 aliphatic heterocycles. The van der Waals surface area contributed by atoms with Crippen molar-refractivity contribution in [2.75, 3.05) is 13.0 Å². The topological polar surface area (TPSA) is 84.5 Å². The third-order valence-electron chi connectivity index (χ3n) is 1.30. The van der Waals surface area contributed by atoms with Crippen LogP contribution in [0.15, 0.2) is 0 Å². The second-order valence-corrected chi connectivity index (χ2v) is 4.42. The van der Waals surface area contributed by atoms with Gasteiger partial charge in [0.2, 0.25) is 0 Å². The summed E-state index contributed by atoms with van der Waals surface area (Å²) < 4.78 is 30.2. The lowest BCUT2D eigenvalue weighted by molar-refractivity contribution is 0.177. The average Bonchev–Trinajstić information content (AvgIpc) is 2.02. The third-order valence-corrected chi connectivity index (χ3v) is 2.67.